The van der Waals surface area contributed by atoms with Gasteiger partial charge in [0.1, 0.15) is 17.5 Å². The first-order valence-electron chi connectivity index (χ1n) is 5.89. The number of amides is 1. The molecule has 1 amide bonds. The number of nitrogens with zero attached hydrogens (tertiary/aromatic N) is 1. The second kappa shape index (κ2) is 5.79. The van der Waals surface area contributed by atoms with E-state index in [9.17, 15) is 4.79 Å². The molecule has 1 aliphatic heterocycles. The van der Waals surface area contributed by atoms with Crippen LogP contribution in [0.2, 0.25) is 0 Å². The van der Waals surface area contributed by atoms with Gasteiger partial charge in [0.25, 0.3) is 5.91 Å². The van der Waals surface area contributed by atoms with Gasteiger partial charge in [0, 0.05) is 18.8 Å². The molecule has 0 aliphatic carbocycles. The number of hydrogen-bond donors (Lipinski definition) is 2. The largest absolute Gasteiger partial charge is 0.494 e. The Morgan fingerprint density at radius 2 is 2.50 bits per heavy atom. The van der Waals surface area contributed by atoms with Crippen molar-refractivity contribution in [2.75, 3.05) is 19.0 Å². The Balaban J connectivity index is 1.99. The van der Waals surface area contributed by atoms with E-state index in [0.29, 0.717) is 24.4 Å². The number of nitrogens with one attached hydrogen (secondary N) is 1. The van der Waals surface area contributed by atoms with Crippen LogP contribution in [0.15, 0.2) is 18.5 Å². The van der Waals surface area contributed by atoms with Crippen LogP contribution in [0.5, 0.6) is 5.75 Å². The molecular formula is C12H17N3O3. The molecule has 1 aromatic heterocycles. The van der Waals surface area contributed by atoms with Gasteiger partial charge in [-0.2, -0.15) is 0 Å². The van der Waals surface area contributed by atoms with Crippen LogP contribution in [0.4, 0.5) is 5.69 Å². The van der Waals surface area contributed by atoms with Crippen LogP contribution in [0.3, 0.4) is 0 Å². The summed E-state index contributed by atoms with van der Waals surface area (Å²) in [7, 11) is 1.54. The summed E-state index contributed by atoms with van der Waals surface area (Å²) in [5.41, 5.74) is 6.05. The number of carbonyl (C=O) groups is 1. The number of aromatic nitrogens is 1. The van der Waals surface area contributed by atoms with Gasteiger partial charge in [-0.15, -0.1) is 0 Å². The molecule has 2 rings (SSSR count). The monoisotopic (exact) mass is 251 g/mol. The maximum absolute atomic E-state index is 12.0. The van der Waals surface area contributed by atoms with Crippen LogP contribution >= 0.6 is 0 Å². The quantitative estimate of drug-likeness (QED) is 0.815. The highest BCUT2D eigenvalue weighted by molar-refractivity contribution is 5.95. The minimum absolute atomic E-state index is 0.0171. The van der Waals surface area contributed by atoms with E-state index in [1.165, 1.54) is 0 Å². The van der Waals surface area contributed by atoms with Crippen molar-refractivity contribution in [3.8, 4) is 5.75 Å². The third-order valence-electron chi connectivity index (χ3n) is 2.92. The third-order valence-corrected chi connectivity index (χ3v) is 2.92. The van der Waals surface area contributed by atoms with Crippen LogP contribution in [-0.2, 0) is 9.53 Å². The SMILES string of the molecule is COc1ccncc1NC(=O)[C@@H]1CC[C@H](CN)O1. The maximum Gasteiger partial charge on any atom is 0.253 e. The van der Waals surface area contributed by atoms with E-state index in [1.54, 1.807) is 25.6 Å². The van der Waals surface area contributed by atoms with Gasteiger partial charge in [-0.25, -0.2) is 0 Å². The van der Waals surface area contributed by atoms with E-state index >= 15 is 0 Å². The van der Waals surface area contributed by atoms with Gasteiger partial charge in [-0.3, -0.25) is 9.78 Å². The summed E-state index contributed by atoms with van der Waals surface area (Å²) in [5.74, 6) is 0.393. The molecule has 6 heteroatoms. The molecule has 3 N–H and O–H groups in total. The zero-order valence-corrected chi connectivity index (χ0v) is 10.3. The van der Waals surface area contributed by atoms with Crippen molar-refractivity contribution >= 4 is 11.6 Å². The molecule has 2 atom stereocenters. The van der Waals surface area contributed by atoms with E-state index in [0.717, 1.165) is 6.42 Å². The molecule has 1 fully saturated rings. The van der Waals surface area contributed by atoms with Gasteiger partial charge in [-0.1, -0.05) is 0 Å². The lowest BCUT2D eigenvalue weighted by Gasteiger charge is -2.14. The molecule has 1 aliphatic rings. The van der Waals surface area contributed by atoms with Gasteiger partial charge in [-0.05, 0) is 12.8 Å². The van der Waals surface area contributed by atoms with Crippen molar-refractivity contribution in [2.45, 2.75) is 25.0 Å². The van der Waals surface area contributed by atoms with Crippen LogP contribution in [0, 0.1) is 0 Å². The maximum atomic E-state index is 12.0. The summed E-state index contributed by atoms with van der Waals surface area (Å²) in [4.78, 5) is 15.9. The molecule has 0 radical (unpaired) electrons. The summed E-state index contributed by atoms with van der Waals surface area (Å²) in [5, 5.41) is 2.76. The van der Waals surface area contributed by atoms with E-state index in [4.69, 9.17) is 15.2 Å². The number of nitrogens with two attached hydrogens (primary N) is 1. The number of pyridine rings is 1. The van der Waals surface area contributed by atoms with E-state index in [1.807, 2.05) is 0 Å². The molecule has 98 valence electrons. The predicted molar refractivity (Wildman–Crippen MR) is 66.4 cm³/mol. The Bertz CT molecular complexity index is 425. The minimum atomic E-state index is -0.441. The summed E-state index contributed by atoms with van der Waals surface area (Å²) in [6.45, 7) is 0.444. The fraction of sp³-hybridized carbons (Fsp3) is 0.500. The first kappa shape index (κ1) is 12.8. The second-order valence-corrected chi connectivity index (χ2v) is 4.12. The number of carbonyl (C=O) groups excluding carboxylic acids is 1. The van der Waals surface area contributed by atoms with Crippen molar-refractivity contribution in [1.82, 2.24) is 4.98 Å². The van der Waals surface area contributed by atoms with Crippen molar-refractivity contribution in [2.24, 2.45) is 5.73 Å². The van der Waals surface area contributed by atoms with Crippen LogP contribution < -0.4 is 15.8 Å². The fourth-order valence-electron chi connectivity index (χ4n) is 1.94. The zero-order valence-electron chi connectivity index (χ0n) is 10.3. The summed E-state index contributed by atoms with van der Waals surface area (Å²) >= 11 is 0. The van der Waals surface area contributed by atoms with Crippen molar-refractivity contribution in [1.29, 1.82) is 0 Å². The fourth-order valence-corrected chi connectivity index (χ4v) is 1.94. The number of ether oxygens (including phenoxy) is 2. The summed E-state index contributed by atoms with van der Waals surface area (Å²) < 4.78 is 10.7. The van der Waals surface area contributed by atoms with Gasteiger partial charge in [0.2, 0.25) is 0 Å². The molecule has 0 saturated carbocycles. The predicted octanol–water partition coefficient (Wildman–Crippen LogP) is 0.535. The Morgan fingerprint density at radius 3 is 3.17 bits per heavy atom. The molecule has 6 nitrogen and oxygen atoms in total. The van der Waals surface area contributed by atoms with E-state index < -0.39 is 6.10 Å². The Morgan fingerprint density at radius 1 is 1.67 bits per heavy atom. The average Bonchev–Trinajstić information content (AvgIpc) is 2.88. The van der Waals surface area contributed by atoms with Crippen LogP contribution in [0.25, 0.3) is 0 Å². The van der Waals surface area contributed by atoms with Crippen LogP contribution in [-0.4, -0.2) is 36.8 Å². The molecule has 1 aromatic rings. The molecular weight excluding hydrogens is 234 g/mol. The highest BCUT2D eigenvalue weighted by Gasteiger charge is 2.30. The molecule has 0 aromatic carbocycles. The van der Waals surface area contributed by atoms with Crippen molar-refractivity contribution in [3.05, 3.63) is 18.5 Å². The average molecular weight is 251 g/mol. The Kier molecular flexibility index (Phi) is 4.11. The topological polar surface area (TPSA) is 86.5 Å². The lowest BCUT2D eigenvalue weighted by Crippen LogP contribution is -2.29. The number of anilines is 1. The van der Waals surface area contributed by atoms with E-state index in [-0.39, 0.29) is 12.0 Å². The van der Waals surface area contributed by atoms with Gasteiger partial charge >= 0.3 is 0 Å². The molecule has 2 heterocycles. The molecule has 0 unspecified atom stereocenters. The minimum Gasteiger partial charge on any atom is -0.494 e. The number of hydrogen-bond acceptors (Lipinski definition) is 5. The van der Waals surface area contributed by atoms with E-state index in [2.05, 4.69) is 10.3 Å². The molecule has 0 spiro atoms. The third kappa shape index (κ3) is 2.77. The number of methoxy groups -OCH3 is 1. The molecule has 1 saturated heterocycles. The highest BCUT2D eigenvalue weighted by Crippen LogP contribution is 2.24. The lowest BCUT2D eigenvalue weighted by atomic mass is 10.2. The van der Waals surface area contributed by atoms with Gasteiger partial charge < -0.3 is 20.5 Å². The molecule has 18 heavy (non-hydrogen) atoms. The first-order valence-corrected chi connectivity index (χ1v) is 5.89. The van der Waals surface area contributed by atoms with Crippen molar-refractivity contribution in [3.63, 3.8) is 0 Å². The molecule has 0 bridgehead atoms. The van der Waals surface area contributed by atoms with Crippen LogP contribution in [0.1, 0.15) is 12.8 Å². The Labute approximate surface area is 105 Å². The van der Waals surface area contributed by atoms with Gasteiger partial charge in [0.05, 0.1) is 19.4 Å². The van der Waals surface area contributed by atoms with Crippen molar-refractivity contribution < 1.29 is 14.3 Å². The second-order valence-electron chi connectivity index (χ2n) is 4.12. The Hall–Kier alpha value is -1.66. The smallest absolute Gasteiger partial charge is 0.253 e. The number of rotatable bonds is 4. The highest BCUT2D eigenvalue weighted by atomic mass is 16.5. The summed E-state index contributed by atoms with van der Waals surface area (Å²) in [6.07, 6.45) is 4.20. The normalized spacial score (nSPS) is 22.8. The summed E-state index contributed by atoms with van der Waals surface area (Å²) in [6, 6.07) is 1.69. The zero-order chi connectivity index (χ0) is 13.0. The lowest BCUT2D eigenvalue weighted by molar-refractivity contribution is -0.126. The standard InChI is InChI=1S/C12H17N3O3/c1-17-10-4-5-14-7-9(10)15-12(16)11-3-2-8(6-13)18-11/h4-5,7-8,11H,2-3,6,13H2,1H3,(H,15,16)/t8-,11+/m1/s1. The van der Waals surface area contributed by atoms with Gasteiger partial charge in [0.15, 0.2) is 0 Å². The first-order chi connectivity index (χ1) is 8.74.